The van der Waals surface area contributed by atoms with Crippen molar-refractivity contribution in [3.05, 3.63) is 0 Å². The number of carboxylic acids is 1. The van der Waals surface area contributed by atoms with Crippen molar-refractivity contribution in [3.63, 3.8) is 0 Å². The van der Waals surface area contributed by atoms with Gasteiger partial charge in [-0.05, 0) is 6.42 Å². The first-order valence-corrected chi connectivity index (χ1v) is 4.70. The van der Waals surface area contributed by atoms with Gasteiger partial charge in [-0.25, -0.2) is 9.59 Å². The number of terminal acetylenes is 1. The summed E-state index contributed by atoms with van der Waals surface area (Å²) in [5.41, 5.74) is 0. The number of aliphatic carboxylic acids is 1. The fraction of sp³-hybridized carbons (Fsp3) is 0.600. The molecule has 0 bridgehead atoms. The van der Waals surface area contributed by atoms with Crippen LogP contribution in [0.3, 0.4) is 0 Å². The van der Waals surface area contributed by atoms with Gasteiger partial charge in [0.25, 0.3) is 0 Å². The normalized spacial score (nSPS) is 11.3. The summed E-state index contributed by atoms with van der Waals surface area (Å²) in [5.74, 6) is 1.09. The van der Waals surface area contributed by atoms with Gasteiger partial charge in [0.2, 0.25) is 0 Å². The second-order valence-corrected chi connectivity index (χ2v) is 3.17. The Morgan fingerprint density at radius 1 is 1.60 bits per heavy atom. The summed E-state index contributed by atoms with van der Waals surface area (Å²) in [4.78, 5) is 23.5. The summed E-state index contributed by atoms with van der Waals surface area (Å²) in [5, 5.41) is 11.1. The van der Waals surface area contributed by atoms with Crippen LogP contribution in [0.5, 0.6) is 0 Å². The van der Waals surface area contributed by atoms with E-state index < -0.39 is 18.0 Å². The van der Waals surface area contributed by atoms with Gasteiger partial charge in [-0.15, -0.1) is 12.3 Å². The molecule has 1 atom stereocenters. The van der Waals surface area contributed by atoms with E-state index in [9.17, 15) is 9.59 Å². The molecule has 0 aliphatic heterocycles. The zero-order valence-electron chi connectivity index (χ0n) is 8.99. The zero-order valence-corrected chi connectivity index (χ0v) is 8.99. The molecule has 0 saturated carbocycles. The number of nitrogens with one attached hydrogen (secondary N) is 1. The van der Waals surface area contributed by atoms with Crippen LogP contribution in [0.15, 0.2) is 0 Å². The summed E-state index contributed by atoms with van der Waals surface area (Å²) in [6.45, 7) is 2.51. The van der Waals surface area contributed by atoms with E-state index in [1.165, 1.54) is 4.90 Å². The van der Waals surface area contributed by atoms with Crippen LogP contribution in [0.4, 0.5) is 4.79 Å². The maximum absolute atomic E-state index is 11.4. The van der Waals surface area contributed by atoms with Gasteiger partial charge in [-0.1, -0.05) is 6.92 Å². The molecule has 0 rings (SSSR count). The van der Waals surface area contributed by atoms with Crippen LogP contribution in [0.2, 0.25) is 0 Å². The Morgan fingerprint density at radius 3 is 2.60 bits per heavy atom. The quantitative estimate of drug-likeness (QED) is 0.652. The predicted octanol–water partition coefficient (Wildman–Crippen LogP) is 0.514. The molecular weight excluding hydrogens is 196 g/mol. The van der Waals surface area contributed by atoms with E-state index in [1.807, 2.05) is 6.92 Å². The molecule has 84 valence electrons. The molecule has 5 heteroatoms. The largest absolute Gasteiger partial charge is 0.480 e. The highest BCUT2D eigenvalue weighted by molar-refractivity contribution is 5.82. The molecule has 0 radical (unpaired) electrons. The number of nitrogens with zero attached hydrogens (tertiary/aromatic N) is 1. The van der Waals surface area contributed by atoms with Crippen LogP contribution in [-0.2, 0) is 4.79 Å². The third-order valence-electron chi connectivity index (χ3n) is 1.82. The Balaban J connectivity index is 4.23. The number of carbonyl (C=O) groups excluding carboxylic acids is 1. The van der Waals surface area contributed by atoms with Crippen LogP contribution in [0.25, 0.3) is 0 Å². The topological polar surface area (TPSA) is 69.6 Å². The highest BCUT2D eigenvalue weighted by Crippen LogP contribution is 1.94. The average molecular weight is 212 g/mol. The molecule has 15 heavy (non-hydrogen) atoms. The zero-order chi connectivity index (χ0) is 11.8. The highest BCUT2D eigenvalue weighted by atomic mass is 16.4. The van der Waals surface area contributed by atoms with Gasteiger partial charge in [0, 0.05) is 20.0 Å². The van der Waals surface area contributed by atoms with Crippen molar-refractivity contribution < 1.29 is 14.7 Å². The first kappa shape index (κ1) is 13.3. The molecule has 0 spiro atoms. The smallest absolute Gasteiger partial charge is 0.327 e. The van der Waals surface area contributed by atoms with E-state index >= 15 is 0 Å². The van der Waals surface area contributed by atoms with Crippen molar-refractivity contribution in [2.75, 3.05) is 13.6 Å². The van der Waals surface area contributed by atoms with E-state index in [4.69, 9.17) is 11.5 Å². The Hall–Kier alpha value is -1.70. The van der Waals surface area contributed by atoms with Gasteiger partial charge in [0.15, 0.2) is 0 Å². The van der Waals surface area contributed by atoms with Crippen molar-refractivity contribution in [2.24, 2.45) is 0 Å². The molecule has 1 unspecified atom stereocenters. The molecule has 2 amide bonds. The van der Waals surface area contributed by atoms with Crippen LogP contribution in [-0.4, -0.2) is 41.6 Å². The van der Waals surface area contributed by atoms with Gasteiger partial charge in [0.05, 0.1) is 0 Å². The maximum atomic E-state index is 11.4. The minimum atomic E-state index is -1.12. The average Bonchev–Trinajstić information content (AvgIpc) is 2.17. The van der Waals surface area contributed by atoms with E-state index in [0.717, 1.165) is 6.42 Å². The monoisotopic (exact) mass is 212 g/mol. The second kappa shape index (κ2) is 6.71. The minimum Gasteiger partial charge on any atom is -0.480 e. The van der Waals surface area contributed by atoms with Crippen molar-refractivity contribution in [2.45, 2.75) is 25.8 Å². The molecule has 0 saturated heterocycles. The van der Waals surface area contributed by atoms with Crippen molar-refractivity contribution in [3.8, 4) is 12.3 Å². The van der Waals surface area contributed by atoms with E-state index in [2.05, 4.69) is 11.2 Å². The Morgan fingerprint density at radius 2 is 2.20 bits per heavy atom. The predicted molar refractivity (Wildman–Crippen MR) is 56.3 cm³/mol. The molecular formula is C10H16N2O3. The summed E-state index contributed by atoms with van der Waals surface area (Å²) >= 11 is 0. The number of hydrogen-bond acceptors (Lipinski definition) is 2. The first-order valence-electron chi connectivity index (χ1n) is 4.70. The first-order chi connectivity index (χ1) is 7.02. The molecule has 0 aromatic rings. The molecule has 0 fully saturated rings. The molecule has 0 heterocycles. The SMILES string of the molecule is C#CCC(NC(=O)N(C)CCC)C(=O)O. The fourth-order valence-electron chi connectivity index (χ4n) is 1.01. The Bertz CT molecular complexity index is 270. The molecule has 0 aromatic carbocycles. The molecule has 5 nitrogen and oxygen atoms in total. The number of rotatable bonds is 5. The third-order valence-corrected chi connectivity index (χ3v) is 1.82. The van der Waals surface area contributed by atoms with Crippen molar-refractivity contribution in [1.82, 2.24) is 10.2 Å². The number of hydrogen-bond donors (Lipinski definition) is 2. The second-order valence-electron chi connectivity index (χ2n) is 3.17. The lowest BCUT2D eigenvalue weighted by atomic mass is 10.2. The Kier molecular flexibility index (Phi) is 5.95. The standard InChI is InChI=1S/C10H16N2O3/c1-4-6-8(9(13)14)11-10(15)12(3)7-5-2/h1,8H,5-7H2,2-3H3,(H,11,15)(H,13,14). The van der Waals surface area contributed by atoms with E-state index in [0.29, 0.717) is 6.54 Å². The summed E-state index contributed by atoms with van der Waals surface area (Å²) in [7, 11) is 1.60. The number of carbonyl (C=O) groups is 2. The summed E-state index contributed by atoms with van der Waals surface area (Å²) in [6.07, 6.45) is 5.80. The van der Waals surface area contributed by atoms with Crippen molar-refractivity contribution >= 4 is 12.0 Å². The lowest BCUT2D eigenvalue weighted by molar-refractivity contribution is -0.139. The van der Waals surface area contributed by atoms with Gasteiger partial charge in [-0.2, -0.15) is 0 Å². The molecule has 0 aliphatic rings. The maximum Gasteiger partial charge on any atom is 0.327 e. The highest BCUT2D eigenvalue weighted by Gasteiger charge is 2.20. The number of amides is 2. The lowest BCUT2D eigenvalue weighted by Crippen LogP contribution is -2.46. The summed E-state index contributed by atoms with van der Waals surface area (Å²) < 4.78 is 0. The van der Waals surface area contributed by atoms with Crippen LogP contribution in [0.1, 0.15) is 19.8 Å². The van der Waals surface area contributed by atoms with E-state index in [-0.39, 0.29) is 6.42 Å². The molecule has 2 N–H and O–H groups in total. The van der Waals surface area contributed by atoms with Gasteiger partial charge in [0.1, 0.15) is 6.04 Å². The molecule has 0 aromatic heterocycles. The third kappa shape index (κ3) is 4.91. The number of urea groups is 1. The lowest BCUT2D eigenvalue weighted by Gasteiger charge is -2.19. The number of carboxylic acid groups (broad SMARTS) is 1. The van der Waals surface area contributed by atoms with Crippen molar-refractivity contribution in [1.29, 1.82) is 0 Å². The van der Waals surface area contributed by atoms with Gasteiger partial charge in [-0.3, -0.25) is 0 Å². The van der Waals surface area contributed by atoms with Crippen LogP contribution < -0.4 is 5.32 Å². The van der Waals surface area contributed by atoms with Crippen LogP contribution >= 0.6 is 0 Å². The Labute approximate surface area is 89.4 Å². The van der Waals surface area contributed by atoms with Gasteiger partial charge < -0.3 is 15.3 Å². The van der Waals surface area contributed by atoms with E-state index in [1.54, 1.807) is 7.05 Å². The fourth-order valence-corrected chi connectivity index (χ4v) is 1.01. The minimum absolute atomic E-state index is 0.0129. The molecule has 0 aliphatic carbocycles. The summed E-state index contributed by atoms with van der Waals surface area (Å²) in [6, 6.07) is -1.43. The van der Waals surface area contributed by atoms with Gasteiger partial charge >= 0.3 is 12.0 Å². The van der Waals surface area contributed by atoms with Crippen LogP contribution in [0, 0.1) is 12.3 Å².